The Morgan fingerprint density at radius 1 is 1.50 bits per heavy atom. The van der Waals surface area contributed by atoms with Crippen molar-refractivity contribution in [3.05, 3.63) is 28.8 Å². The number of rotatable bonds is 1. The normalized spacial score (nSPS) is 21.6. The van der Waals surface area contributed by atoms with Crippen LogP contribution in [0.4, 0.5) is 5.69 Å². The number of halogens is 2. The van der Waals surface area contributed by atoms with Gasteiger partial charge < -0.3 is 4.90 Å². The average molecular weight is 286 g/mol. The molecule has 1 amide bonds. The monoisotopic (exact) mass is 285 g/mol. The summed E-state index contributed by atoms with van der Waals surface area (Å²) in [4.78, 5) is 13.9. The van der Waals surface area contributed by atoms with Crippen LogP contribution in [0.2, 0.25) is 5.02 Å². The maximum Gasteiger partial charge on any atom is 0.242 e. The number of carbonyl (C=O) groups is 1. The van der Waals surface area contributed by atoms with Crippen LogP contribution < -0.4 is 4.90 Å². The first-order valence-electron chi connectivity index (χ1n) is 6.05. The lowest BCUT2D eigenvalue weighted by Gasteiger charge is -2.45. The van der Waals surface area contributed by atoms with Crippen LogP contribution in [-0.2, 0) is 4.79 Å². The zero-order valence-electron chi connectivity index (χ0n) is 10.8. The lowest BCUT2D eigenvalue weighted by atomic mass is 9.80. The number of alkyl halides is 1. The van der Waals surface area contributed by atoms with E-state index in [9.17, 15) is 4.79 Å². The minimum Gasteiger partial charge on any atom is -0.305 e. The summed E-state index contributed by atoms with van der Waals surface area (Å²) in [6, 6.07) is 5.74. The quantitative estimate of drug-likeness (QED) is 0.709. The molecule has 1 atom stereocenters. The number of hydrogen-bond donors (Lipinski definition) is 0. The molecule has 0 aliphatic carbocycles. The van der Waals surface area contributed by atoms with Crippen LogP contribution in [0.25, 0.3) is 0 Å². The summed E-state index contributed by atoms with van der Waals surface area (Å²) in [6.07, 6.45) is 0.921. The van der Waals surface area contributed by atoms with Gasteiger partial charge in [-0.1, -0.05) is 24.6 Å². The number of amides is 1. The topological polar surface area (TPSA) is 20.3 Å². The number of anilines is 1. The molecule has 1 heterocycles. The number of fused-ring (bicyclic) bond motifs is 1. The Balaban J connectivity index is 2.60. The first-order chi connectivity index (χ1) is 8.36. The Labute approximate surface area is 118 Å². The smallest absolute Gasteiger partial charge is 0.242 e. The molecule has 0 fully saturated rings. The third-order valence-electron chi connectivity index (χ3n) is 3.54. The summed E-state index contributed by atoms with van der Waals surface area (Å²) in [6.45, 7) is 6.31. The number of benzene rings is 1. The van der Waals surface area contributed by atoms with Crippen LogP contribution in [0.5, 0.6) is 0 Å². The fourth-order valence-corrected chi connectivity index (χ4v) is 3.22. The van der Waals surface area contributed by atoms with Crippen molar-refractivity contribution in [2.24, 2.45) is 0 Å². The van der Waals surface area contributed by atoms with Gasteiger partial charge >= 0.3 is 0 Å². The molecule has 0 spiro atoms. The van der Waals surface area contributed by atoms with Crippen molar-refractivity contribution in [1.29, 1.82) is 0 Å². The Bertz CT molecular complexity index is 485. The third-order valence-corrected chi connectivity index (χ3v) is 4.00. The molecule has 0 saturated carbocycles. The van der Waals surface area contributed by atoms with E-state index in [4.69, 9.17) is 23.2 Å². The first kappa shape index (κ1) is 13.7. The highest BCUT2D eigenvalue weighted by molar-refractivity contribution is 6.31. The van der Waals surface area contributed by atoms with Crippen LogP contribution in [-0.4, -0.2) is 17.3 Å². The van der Waals surface area contributed by atoms with Gasteiger partial charge in [-0.3, -0.25) is 4.79 Å². The van der Waals surface area contributed by atoms with Crippen molar-refractivity contribution in [2.75, 3.05) is 10.8 Å². The minimum absolute atomic E-state index is 0.0102. The molecule has 1 aliphatic heterocycles. The molecule has 98 valence electrons. The SMILES string of the molecule is CC1CC(C)(C)N(C(=O)CCl)c2cc(Cl)ccc21. The second kappa shape index (κ2) is 4.75. The lowest BCUT2D eigenvalue weighted by molar-refractivity contribution is -0.117. The van der Waals surface area contributed by atoms with Crippen LogP contribution in [0.15, 0.2) is 18.2 Å². The maximum atomic E-state index is 12.1. The summed E-state index contributed by atoms with van der Waals surface area (Å²) < 4.78 is 0. The van der Waals surface area contributed by atoms with Crippen LogP contribution in [0.3, 0.4) is 0 Å². The molecule has 2 rings (SSSR count). The highest BCUT2D eigenvalue weighted by Crippen LogP contribution is 2.44. The van der Waals surface area contributed by atoms with E-state index < -0.39 is 0 Å². The Morgan fingerprint density at radius 2 is 2.17 bits per heavy atom. The summed E-state index contributed by atoms with van der Waals surface area (Å²) >= 11 is 11.8. The van der Waals surface area contributed by atoms with E-state index in [0.29, 0.717) is 10.9 Å². The van der Waals surface area contributed by atoms with E-state index in [1.807, 2.05) is 18.2 Å². The van der Waals surface area contributed by atoms with Gasteiger partial charge in [-0.05, 0) is 43.9 Å². The molecule has 0 N–H and O–H groups in total. The molecule has 0 bridgehead atoms. The molecular formula is C14H17Cl2NO. The molecule has 0 aromatic heterocycles. The molecule has 0 saturated heterocycles. The van der Waals surface area contributed by atoms with Gasteiger partial charge in [0.1, 0.15) is 5.88 Å². The Hall–Kier alpha value is -0.730. The lowest BCUT2D eigenvalue weighted by Crippen LogP contribution is -2.52. The number of nitrogens with zero attached hydrogens (tertiary/aromatic N) is 1. The van der Waals surface area contributed by atoms with Gasteiger partial charge in [-0.25, -0.2) is 0 Å². The van der Waals surface area contributed by atoms with Gasteiger partial charge in [0.25, 0.3) is 0 Å². The summed E-state index contributed by atoms with van der Waals surface area (Å²) in [5.74, 6) is 0.327. The van der Waals surface area contributed by atoms with E-state index in [0.717, 1.165) is 17.7 Å². The fraction of sp³-hybridized carbons (Fsp3) is 0.500. The van der Waals surface area contributed by atoms with Crippen LogP contribution in [0, 0.1) is 0 Å². The van der Waals surface area contributed by atoms with Crippen molar-refractivity contribution in [3.8, 4) is 0 Å². The minimum atomic E-state index is -0.233. The zero-order chi connectivity index (χ0) is 13.5. The van der Waals surface area contributed by atoms with Crippen molar-refractivity contribution in [3.63, 3.8) is 0 Å². The standard InChI is InChI=1S/C14H17Cl2NO/c1-9-7-14(2,3)17(13(18)8-15)12-6-10(16)4-5-11(9)12/h4-6,9H,7-8H2,1-3H3. The third kappa shape index (κ3) is 2.24. The Morgan fingerprint density at radius 3 is 2.78 bits per heavy atom. The van der Waals surface area contributed by atoms with Crippen molar-refractivity contribution in [2.45, 2.75) is 38.6 Å². The van der Waals surface area contributed by atoms with E-state index in [-0.39, 0.29) is 17.3 Å². The van der Waals surface area contributed by atoms with Gasteiger partial charge in [0, 0.05) is 16.2 Å². The van der Waals surface area contributed by atoms with Crippen LogP contribution >= 0.6 is 23.2 Å². The van der Waals surface area contributed by atoms with Gasteiger partial charge in [0.05, 0.1) is 0 Å². The molecule has 1 aromatic carbocycles. The summed E-state index contributed by atoms with van der Waals surface area (Å²) in [5.41, 5.74) is 1.83. The van der Waals surface area contributed by atoms with Gasteiger partial charge in [0.15, 0.2) is 0 Å². The predicted molar refractivity (Wildman–Crippen MR) is 76.8 cm³/mol. The molecule has 1 unspecified atom stereocenters. The average Bonchev–Trinajstić information content (AvgIpc) is 2.26. The van der Waals surface area contributed by atoms with E-state index in [2.05, 4.69) is 20.8 Å². The molecule has 1 aliphatic rings. The van der Waals surface area contributed by atoms with E-state index >= 15 is 0 Å². The van der Waals surface area contributed by atoms with Gasteiger partial charge in [-0.2, -0.15) is 0 Å². The highest BCUT2D eigenvalue weighted by atomic mass is 35.5. The van der Waals surface area contributed by atoms with Crippen LogP contribution in [0.1, 0.15) is 38.7 Å². The van der Waals surface area contributed by atoms with Crippen molar-refractivity contribution < 1.29 is 4.79 Å². The fourth-order valence-electron chi connectivity index (χ4n) is 2.94. The second-order valence-corrected chi connectivity index (χ2v) is 6.19. The molecule has 4 heteroatoms. The van der Waals surface area contributed by atoms with Gasteiger partial charge in [-0.15, -0.1) is 11.6 Å². The number of hydrogen-bond acceptors (Lipinski definition) is 1. The Kier molecular flexibility index (Phi) is 3.61. The maximum absolute atomic E-state index is 12.1. The predicted octanol–water partition coefficient (Wildman–Crippen LogP) is 4.20. The molecule has 2 nitrogen and oxygen atoms in total. The van der Waals surface area contributed by atoms with Crippen molar-refractivity contribution in [1.82, 2.24) is 0 Å². The second-order valence-electron chi connectivity index (χ2n) is 5.48. The number of carbonyl (C=O) groups excluding carboxylic acids is 1. The molecular weight excluding hydrogens is 269 g/mol. The molecule has 1 aromatic rings. The first-order valence-corrected chi connectivity index (χ1v) is 6.96. The molecule has 0 radical (unpaired) electrons. The summed E-state index contributed by atoms with van der Waals surface area (Å²) in [5, 5.41) is 0.644. The van der Waals surface area contributed by atoms with Gasteiger partial charge in [0.2, 0.25) is 5.91 Å². The zero-order valence-corrected chi connectivity index (χ0v) is 12.3. The van der Waals surface area contributed by atoms with E-state index in [1.54, 1.807) is 4.90 Å². The summed E-state index contributed by atoms with van der Waals surface area (Å²) in [7, 11) is 0. The van der Waals surface area contributed by atoms with E-state index in [1.165, 1.54) is 0 Å². The largest absolute Gasteiger partial charge is 0.305 e. The highest BCUT2D eigenvalue weighted by Gasteiger charge is 2.39. The van der Waals surface area contributed by atoms with Crippen molar-refractivity contribution >= 4 is 34.8 Å². The molecule has 18 heavy (non-hydrogen) atoms.